The minimum atomic E-state index is -0.886. The van der Waals surface area contributed by atoms with Gasteiger partial charge in [0, 0.05) is 0 Å². The first-order valence-corrected chi connectivity index (χ1v) is 8.05. The Morgan fingerprint density at radius 3 is 1.67 bits per heavy atom. The zero-order valence-corrected chi connectivity index (χ0v) is 14.1. The molecule has 0 saturated carbocycles. The summed E-state index contributed by atoms with van der Waals surface area (Å²) in [5.74, 6) is -0.886. The first-order chi connectivity index (χ1) is 8.43. The van der Waals surface area contributed by atoms with Gasteiger partial charge in [0.15, 0.2) is 0 Å². The van der Waals surface area contributed by atoms with Gasteiger partial charge in [-0.2, -0.15) is 0 Å². The topological polar surface area (TPSA) is 54.4 Å². The number of carboxylic acids is 1. The molecule has 0 aliphatic rings. The molecule has 1 N–H and O–H groups in total. The van der Waals surface area contributed by atoms with E-state index in [4.69, 9.17) is 16.7 Å². The molecule has 2 rings (SSSR count). The van der Waals surface area contributed by atoms with Crippen molar-refractivity contribution in [1.82, 2.24) is 0 Å². The Labute approximate surface area is 133 Å². The zero-order chi connectivity index (χ0) is 13.7. The predicted molar refractivity (Wildman–Crippen MR) is 81.2 cm³/mol. The van der Waals surface area contributed by atoms with E-state index in [1.807, 2.05) is 0 Å². The van der Waals surface area contributed by atoms with Crippen LogP contribution in [-0.2, 0) is 0 Å². The van der Waals surface area contributed by atoms with E-state index >= 15 is 0 Å². The van der Waals surface area contributed by atoms with E-state index in [1.165, 1.54) is 22.7 Å². The van der Waals surface area contributed by atoms with Crippen LogP contribution >= 0.6 is 66.1 Å². The summed E-state index contributed by atoms with van der Waals surface area (Å²) in [4.78, 5) is 20.7. The SMILES string of the molecule is O=C(Cl)c1ccsc1Br.O=C(O)c1ccsc1Br. The molecule has 2 aromatic rings. The maximum atomic E-state index is 10.5. The minimum absolute atomic E-state index is 0.333. The summed E-state index contributed by atoms with van der Waals surface area (Å²) in [6.45, 7) is 0. The first-order valence-electron chi connectivity index (χ1n) is 4.32. The smallest absolute Gasteiger partial charge is 0.337 e. The molecule has 0 aromatic carbocycles. The lowest BCUT2D eigenvalue weighted by Crippen LogP contribution is -1.92. The van der Waals surface area contributed by atoms with Crippen molar-refractivity contribution in [2.75, 3.05) is 0 Å². The van der Waals surface area contributed by atoms with Crippen LogP contribution in [0.3, 0.4) is 0 Å². The lowest BCUT2D eigenvalue weighted by atomic mass is 10.4. The van der Waals surface area contributed by atoms with Crippen LogP contribution in [0.4, 0.5) is 0 Å². The van der Waals surface area contributed by atoms with Crippen molar-refractivity contribution in [2.24, 2.45) is 0 Å². The number of thiophene rings is 2. The number of hydrogen-bond donors (Lipinski definition) is 1. The van der Waals surface area contributed by atoms with Crippen LogP contribution in [0, 0.1) is 0 Å². The lowest BCUT2D eigenvalue weighted by Gasteiger charge is -1.84. The van der Waals surface area contributed by atoms with Crippen molar-refractivity contribution < 1.29 is 14.7 Å². The third-order valence-corrected chi connectivity index (χ3v) is 5.26. The second-order valence-corrected chi connectivity index (χ2v) is 7.61. The number of rotatable bonds is 2. The van der Waals surface area contributed by atoms with Crippen LogP contribution in [0.25, 0.3) is 0 Å². The Kier molecular flexibility index (Phi) is 6.51. The second-order valence-electron chi connectivity index (χ2n) is 2.79. The van der Waals surface area contributed by atoms with Crippen molar-refractivity contribution in [2.45, 2.75) is 0 Å². The Hall–Kier alpha value is -0.210. The first kappa shape index (κ1) is 15.8. The summed E-state index contributed by atoms with van der Waals surface area (Å²) >= 11 is 14.3. The van der Waals surface area contributed by atoms with E-state index in [1.54, 1.807) is 22.9 Å². The number of carbonyl (C=O) groups is 2. The Morgan fingerprint density at radius 2 is 1.50 bits per heavy atom. The summed E-state index contributed by atoms with van der Waals surface area (Å²) in [5.41, 5.74) is 0.877. The van der Waals surface area contributed by atoms with E-state index in [9.17, 15) is 9.59 Å². The molecule has 96 valence electrons. The van der Waals surface area contributed by atoms with Gasteiger partial charge >= 0.3 is 5.97 Å². The fraction of sp³-hybridized carbons (Fsp3) is 0. The molecule has 2 heterocycles. The molecule has 0 aliphatic carbocycles. The van der Waals surface area contributed by atoms with E-state index in [0.29, 0.717) is 14.9 Å². The number of halogens is 3. The standard InChI is InChI=1S/C5H2BrClOS.C5H3BrO2S/c2*6-4-3(5(7)8)1-2-9-4/h1-2H;1-2H,(H,7,8). The van der Waals surface area contributed by atoms with Crippen molar-refractivity contribution >= 4 is 77.3 Å². The summed E-state index contributed by atoms with van der Waals surface area (Å²) in [6.07, 6.45) is 0. The molecule has 3 nitrogen and oxygen atoms in total. The molecule has 0 fully saturated rings. The normalized spacial score (nSPS) is 9.50. The van der Waals surface area contributed by atoms with Crippen LogP contribution in [-0.4, -0.2) is 16.3 Å². The quantitative estimate of drug-likeness (QED) is 0.672. The molecule has 0 unspecified atom stereocenters. The van der Waals surface area contributed by atoms with Gasteiger partial charge in [-0.15, -0.1) is 22.7 Å². The van der Waals surface area contributed by atoms with Crippen LogP contribution in [0.2, 0.25) is 0 Å². The summed E-state index contributed by atoms with van der Waals surface area (Å²) < 4.78 is 1.47. The molecule has 0 radical (unpaired) electrons. The molecular formula is C10H5Br2ClO3S2. The van der Waals surface area contributed by atoms with Gasteiger partial charge in [-0.05, 0) is 66.4 Å². The van der Waals surface area contributed by atoms with E-state index in [-0.39, 0.29) is 0 Å². The summed E-state index contributed by atoms with van der Waals surface area (Å²) in [5, 5.41) is 11.6. The van der Waals surface area contributed by atoms with Crippen molar-refractivity contribution in [3.05, 3.63) is 41.6 Å². The fourth-order valence-electron chi connectivity index (χ4n) is 0.880. The van der Waals surface area contributed by atoms with Gasteiger partial charge in [0.2, 0.25) is 0 Å². The highest BCUT2D eigenvalue weighted by molar-refractivity contribution is 9.11. The average Bonchev–Trinajstić information content (AvgIpc) is 2.87. The van der Waals surface area contributed by atoms with Gasteiger partial charge in [-0.3, -0.25) is 4.79 Å². The Morgan fingerprint density at radius 1 is 1.06 bits per heavy atom. The van der Waals surface area contributed by atoms with E-state index in [0.717, 1.165) is 3.79 Å². The zero-order valence-electron chi connectivity index (χ0n) is 8.52. The van der Waals surface area contributed by atoms with Gasteiger partial charge in [-0.25, -0.2) is 4.79 Å². The lowest BCUT2D eigenvalue weighted by molar-refractivity contribution is 0.0696. The molecule has 18 heavy (non-hydrogen) atoms. The van der Waals surface area contributed by atoms with Crippen LogP contribution < -0.4 is 0 Å². The highest BCUT2D eigenvalue weighted by Crippen LogP contribution is 2.24. The number of carbonyl (C=O) groups excluding carboxylic acids is 1. The third-order valence-electron chi connectivity index (χ3n) is 1.68. The van der Waals surface area contributed by atoms with Crippen molar-refractivity contribution in [3.63, 3.8) is 0 Å². The summed E-state index contributed by atoms with van der Waals surface area (Å²) in [7, 11) is 0. The van der Waals surface area contributed by atoms with Crippen LogP contribution in [0.5, 0.6) is 0 Å². The van der Waals surface area contributed by atoms with Crippen LogP contribution in [0.15, 0.2) is 30.5 Å². The maximum absolute atomic E-state index is 10.5. The molecule has 0 saturated heterocycles. The number of hydrogen-bond acceptors (Lipinski definition) is 4. The highest BCUT2D eigenvalue weighted by atomic mass is 79.9. The minimum Gasteiger partial charge on any atom is -0.478 e. The third kappa shape index (κ3) is 4.47. The molecule has 0 bridgehead atoms. The van der Waals surface area contributed by atoms with E-state index in [2.05, 4.69) is 31.9 Å². The largest absolute Gasteiger partial charge is 0.478 e. The number of aromatic carboxylic acids is 1. The molecule has 2 aromatic heterocycles. The maximum Gasteiger partial charge on any atom is 0.337 e. The Bertz CT molecular complexity index is 515. The molecular weight excluding hydrogens is 428 g/mol. The van der Waals surface area contributed by atoms with Crippen molar-refractivity contribution in [1.29, 1.82) is 0 Å². The van der Waals surface area contributed by atoms with Gasteiger partial charge in [0.1, 0.15) is 0 Å². The molecule has 0 spiro atoms. The molecule has 8 heteroatoms. The highest BCUT2D eigenvalue weighted by Gasteiger charge is 2.07. The monoisotopic (exact) mass is 430 g/mol. The van der Waals surface area contributed by atoms with Crippen LogP contribution in [0.1, 0.15) is 20.7 Å². The molecule has 0 aliphatic heterocycles. The fourth-order valence-corrected chi connectivity index (χ4v) is 3.69. The summed E-state index contributed by atoms with van der Waals surface area (Å²) in [6, 6.07) is 3.25. The van der Waals surface area contributed by atoms with Crippen molar-refractivity contribution in [3.8, 4) is 0 Å². The second kappa shape index (κ2) is 7.40. The predicted octanol–water partition coefficient (Wildman–Crippen LogP) is 5.10. The number of carboxylic acid groups (broad SMARTS) is 1. The molecule has 0 atom stereocenters. The Balaban J connectivity index is 0.000000180. The van der Waals surface area contributed by atoms with Gasteiger partial charge in [0.25, 0.3) is 5.24 Å². The van der Waals surface area contributed by atoms with E-state index < -0.39 is 11.2 Å². The van der Waals surface area contributed by atoms with Gasteiger partial charge in [-0.1, -0.05) is 0 Å². The average molecular weight is 433 g/mol. The van der Waals surface area contributed by atoms with Gasteiger partial charge < -0.3 is 5.11 Å². The molecule has 0 amide bonds. The van der Waals surface area contributed by atoms with Gasteiger partial charge in [0.05, 0.1) is 18.7 Å².